The topological polar surface area (TPSA) is 64.6 Å². The van der Waals surface area contributed by atoms with Gasteiger partial charge in [-0.3, -0.25) is 0 Å². The van der Waals surface area contributed by atoms with Crippen LogP contribution >= 0.6 is 0 Å². The van der Waals surface area contributed by atoms with E-state index < -0.39 is 17.2 Å². The first-order valence-corrected chi connectivity index (χ1v) is 11.4. The van der Waals surface area contributed by atoms with E-state index >= 15 is 0 Å². The number of benzene rings is 1. The minimum Gasteiger partial charge on any atom is -0.387 e. The van der Waals surface area contributed by atoms with E-state index in [4.69, 9.17) is 0 Å². The van der Waals surface area contributed by atoms with Crippen LogP contribution in [0.3, 0.4) is 0 Å². The molecule has 10 atom stereocenters. The SMILES string of the molecule is O=C(NCC1(O)C2C3CC4C5C3CC2C5C41)NC1CCN(c2ccc(F)cc2F)C1. The number of hydrogen-bond donors (Lipinski definition) is 3. The van der Waals surface area contributed by atoms with E-state index in [9.17, 15) is 18.7 Å². The Morgan fingerprint density at radius 1 is 1.13 bits per heavy atom. The molecule has 1 aromatic rings. The highest BCUT2D eigenvalue weighted by Gasteiger charge is 2.84. The predicted molar refractivity (Wildman–Crippen MR) is 106 cm³/mol. The van der Waals surface area contributed by atoms with Crippen molar-refractivity contribution in [3.05, 3.63) is 29.8 Å². The lowest BCUT2D eigenvalue weighted by Gasteiger charge is -2.51. The maximum absolute atomic E-state index is 14.0. The number of aliphatic hydroxyl groups is 1. The first-order chi connectivity index (χ1) is 14.5. The van der Waals surface area contributed by atoms with Gasteiger partial charge in [0.1, 0.15) is 11.6 Å². The van der Waals surface area contributed by atoms with Gasteiger partial charge in [-0.15, -0.1) is 0 Å². The van der Waals surface area contributed by atoms with Crippen molar-refractivity contribution in [3.8, 4) is 0 Å². The van der Waals surface area contributed by atoms with Crippen LogP contribution < -0.4 is 15.5 Å². The predicted octanol–water partition coefficient (Wildman–Crippen LogP) is 2.35. The highest BCUT2D eigenvalue weighted by Crippen LogP contribution is 2.85. The second-order valence-corrected chi connectivity index (χ2v) is 10.7. The van der Waals surface area contributed by atoms with Crippen LogP contribution in [0, 0.1) is 59.0 Å². The van der Waals surface area contributed by atoms with E-state index in [1.807, 2.05) is 4.90 Å². The Morgan fingerprint density at radius 2 is 1.93 bits per heavy atom. The summed E-state index contributed by atoms with van der Waals surface area (Å²) < 4.78 is 27.2. The molecule has 5 saturated carbocycles. The Hall–Kier alpha value is -1.89. The van der Waals surface area contributed by atoms with Gasteiger partial charge in [0.05, 0.1) is 11.3 Å². The number of anilines is 1. The van der Waals surface area contributed by atoms with Crippen molar-refractivity contribution in [2.45, 2.75) is 30.9 Å². The second-order valence-electron chi connectivity index (χ2n) is 10.7. The molecule has 1 aliphatic heterocycles. The average Bonchev–Trinajstić information content (AvgIpc) is 3.36. The summed E-state index contributed by atoms with van der Waals surface area (Å²) in [6, 6.07) is 3.24. The van der Waals surface area contributed by atoms with Gasteiger partial charge in [0.25, 0.3) is 0 Å². The van der Waals surface area contributed by atoms with Gasteiger partial charge in [-0.1, -0.05) is 0 Å². The van der Waals surface area contributed by atoms with Gasteiger partial charge >= 0.3 is 6.03 Å². The van der Waals surface area contributed by atoms with Crippen molar-refractivity contribution in [1.82, 2.24) is 10.6 Å². The lowest BCUT2D eigenvalue weighted by Crippen LogP contribution is -2.60. The second kappa shape index (κ2) is 5.67. The molecule has 10 unspecified atom stereocenters. The van der Waals surface area contributed by atoms with Crippen LogP contribution in [0.2, 0.25) is 0 Å². The van der Waals surface area contributed by atoms with Crippen molar-refractivity contribution in [2.75, 3.05) is 24.5 Å². The van der Waals surface area contributed by atoms with Crippen LogP contribution in [-0.2, 0) is 0 Å². The molecule has 160 valence electrons. The fraction of sp³-hybridized carbons (Fsp3) is 0.696. The lowest BCUT2D eigenvalue weighted by atomic mass is 9.56. The van der Waals surface area contributed by atoms with Crippen LogP contribution in [0.5, 0.6) is 0 Å². The first kappa shape index (κ1) is 17.8. The Balaban J connectivity index is 0.977. The number of carbonyl (C=O) groups excluding carboxylic acids is 1. The molecule has 1 aromatic carbocycles. The van der Waals surface area contributed by atoms with Crippen molar-refractivity contribution < 1.29 is 18.7 Å². The van der Waals surface area contributed by atoms with Gasteiger partial charge < -0.3 is 20.6 Å². The average molecular weight is 415 g/mol. The van der Waals surface area contributed by atoms with E-state index in [0.29, 0.717) is 67.2 Å². The number of amides is 2. The maximum Gasteiger partial charge on any atom is 0.315 e. The quantitative estimate of drug-likeness (QED) is 0.708. The Morgan fingerprint density at radius 3 is 2.77 bits per heavy atom. The summed E-state index contributed by atoms with van der Waals surface area (Å²) in [6.45, 7) is 1.44. The van der Waals surface area contributed by atoms with Crippen LogP contribution in [0.4, 0.5) is 19.3 Å². The number of halogens is 2. The smallest absolute Gasteiger partial charge is 0.315 e. The molecule has 5 aliphatic carbocycles. The minimum atomic E-state index is -0.721. The molecule has 6 aliphatic rings. The van der Waals surface area contributed by atoms with Gasteiger partial charge in [-0.25, -0.2) is 13.6 Å². The Kier molecular flexibility index (Phi) is 3.35. The van der Waals surface area contributed by atoms with Gasteiger partial charge in [0.15, 0.2) is 0 Å². The summed E-state index contributed by atoms with van der Waals surface area (Å²) in [4.78, 5) is 14.4. The first-order valence-electron chi connectivity index (χ1n) is 11.4. The summed E-state index contributed by atoms with van der Waals surface area (Å²) in [5.41, 5.74) is -0.354. The monoisotopic (exact) mass is 415 g/mol. The molecular formula is C23H27F2N3O2. The summed E-state index contributed by atoms with van der Waals surface area (Å²) in [5, 5.41) is 17.5. The van der Waals surface area contributed by atoms with Gasteiger partial charge in [-0.2, -0.15) is 0 Å². The number of carbonyl (C=O) groups is 1. The van der Waals surface area contributed by atoms with E-state index in [-0.39, 0.29) is 12.1 Å². The fourth-order valence-electron chi connectivity index (χ4n) is 9.25. The summed E-state index contributed by atoms with van der Waals surface area (Å²) >= 11 is 0. The number of rotatable bonds is 4. The zero-order chi connectivity index (χ0) is 20.4. The van der Waals surface area contributed by atoms with Crippen molar-refractivity contribution >= 4 is 11.7 Å². The van der Waals surface area contributed by atoms with Gasteiger partial charge in [0, 0.05) is 31.7 Å². The molecule has 1 saturated heterocycles. The largest absolute Gasteiger partial charge is 0.387 e. The molecule has 0 aromatic heterocycles. The number of hydrogen-bond acceptors (Lipinski definition) is 3. The molecule has 3 N–H and O–H groups in total. The van der Waals surface area contributed by atoms with E-state index in [2.05, 4.69) is 10.6 Å². The normalized spacial score (nSPS) is 48.5. The number of urea groups is 1. The summed E-state index contributed by atoms with van der Waals surface area (Å²) in [7, 11) is 0. The zero-order valence-electron chi connectivity index (χ0n) is 16.7. The maximum atomic E-state index is 14.0. The third-order valence-corrected chi connectivity index (χ3v) is 9.83. The van der Waals surface area contributed by atoms with Gasteiger partial charge in [-0.05, 0) is 78.7 Å². The van der Waals surface area contributed by atoms with Crippen LogP contribution in [0.25, 0.3) is 0 Å². The molecule has 0 radical (unpaired) electrons. The Labute approximate surface area is 174 Å². The third kappa shape index (κ3) is 2.03. The summed E-state index contributed by atoms with van der Waals surface area (Å²) in [5.74, 6) is 4.12. The molecule has 30 heavy (non-hydrogen) atoms. The third-order valence-electron chi connectivity index (χ3n) is 9.83. The molecule has 7 rings (SSSR count). The van der Waals surface area contributed by atoms with Gasteiger partial charge in [0.2, 0.25) is 0 Å². The zero-order valence-corrected chi connectivity index (χ0v) is 16.7. The molecule has 5 nitrogen and oxygen atoms in total. The van der Waals surface area contributed by atoms with E-state index in [0.717, 1.165) is 17.9 Å². The minimum absolute atomic E-state index is 0.0961. The lowest BCUT2D eigenvalue weighted by molar-refractivity contribution is -0.126. The molecule has 6 fully saturated rings. The summed E-state index contributed by atoms with van der Waals surface area (Å²) in [6.07, 6.45) is 3.32. The van der Waals surface area contributed by atoms with Crippen LogP contribution in [-0.4, -0.2) is 42.4 Å². The molecule has 1 heterocycles. The van der Waals surface area contributed by atoms with E-state index in [1.165, 1.54) is 25.0 Å². The molecular weight excluding hydrogens is 388 g/mol. The van der Waals surface area contributed by atoms with Crippen LogP contribution in [0.1, 0.15) is 19.3 Å². The molecule has 2 amide bonds. The number of nitrogens with one attached hydrogen (secondary N) is 2. The molecule has 7 heteroatoms. The highest BCUT2D eigenvalue weighted by molar-refractivity contribution is 5.74. The van der Waals surface area contributed by atoms with Crippen LogP contribution in [0.15, 0.2) is 18.2 Å². The molecule has 2 bridgehead atoms. The number of fused-ring (bicyclic) bond motifs is 2. The fourth-order valence-corrected chi connectivity index (χ4v) is 9.25. The molecule has 0 spiro atoms. The van der Waals surface area contributed by atoms with Crippen molar-refractivity contribution in [2.24, 2.45) is 47.3 Å². The van der Waals surface area contributed by atoms with E-state index in [1.54, 1.807) is 0 Å². The van der Waals surface area contributed by atoms with Crippen molar-refractivity contribution in [1.29, 1.82) is 0 Å². The highest BCUT2D eigenvalue weighted by atomic mass is 19.1. The standard InChI is InChI=1S/C23H27F2N3O2/c24-10-1-2-17(16(25)5-10)28-4-3-11(8-28)27-22(29)26-9-23(30)20-13-7-14-18-12(13)6-15(20)19(18)21(14)23/h1-2,5,11-15,18-21,30H,3-4,6-9H2,(H2,26,27,29). The number of nitrogens with zero attached hydrogens (tertiary/aromatic N) is 1. The van der Waals surface area contributed by atoms with Crippen molar-refractivity contribution in [3.63, 3.8) is 0 Å². The Bertz CT molecular complexity index is 937.